The Labute approximate surface area is 216 Å². The quantitative estimate of drug-likeness (QED) is 0.237. The Hall–Kier alpha value is -4.49. The van der Waals surface area contributed by atoms with Gasteiger partial charge in [0.25, 0.3) is 17.9 Å². The molecule has 4 rings (SSSR count). The van der Waals surface area contributed by atoms with E-state index in [1.54, 1.807) is 7.05 Å². The number of nitrogens with one attached hydrogen (secondary N) is 4. The van der Waals surface area contributed by atoms with Crippen molar-refractivity contribution in [2.75, 3.05) is 62.4 Å². The molecule has 3 aromatic rings. The molecule has 1 aliphatic heterocycles. The van der Waals surface area contributed by atoms with Gasteiger partial charge < -0.3 is 35.9 Å². The standard InChI is InChI=1S/C24H26FN5O5.CH2O2/c1-26-18-13-15(25)12-17-20(18)29-23(32)19(21(17)27-6-7-30-8-10-35-11-9-30)22(31)28-16-4-2-14(3-5-16)24(33)34;2-1-3/h2-5,12-13,26H,6-11H2,1H3,(H,28,31)(H,33,34)(H2,27,29,32);1H,(H,2,3). The largest absolute Gasteiger partial charge is 0.483 e. The molecule has 0 unspecified atom stereocenters. The number of hydrogen-bond acceptors (Lipinski definition) is 8. The Balaban J connectivity index is 0.00000127. The maximum Gasteiger partial charge on any atom is 0.335 e. The normalized spacial score (nSPS) is 13.2. The van der Waals surface area contributed by atoms with Crippen LogP contribution in [0.15, 0.2) is 41.2 Å². The zero-order valence-electron chi connectivity index (χ0n) is 20.5. The van der Waals surface area contributed by atoms with E-state index >= 15 is 0 Å². The molecule has 12 nitrogen and oxygen atoms in total. The number of carboxylic acids is 1. The second-order valence-corrected chi connectivity index (χ2v) is 8.15. The number of ether oxygens (including phenoxy) is 1. The molecule has 1 saturated heterocycles. The number of hydrogen-bond donors (Lipinski definition) is 6. The number of halogens is 1. The average molecular weight is 530 g/mol. The molecule has 0 saturated carbocycles. The molecular formula is C25H28FN5O7. The van der Waals surface area contributed by atoms with Gasteiger partial charge in [-0.2, -0.15) is 0 Å². The lowest BCUT2D eigenvalue weighted by Crippen LogP contribution is -2.39. The lowest BCUT2D eigenvalue weighted by molar-refractivity contribution is -0.122. The molecule has 0 aliphatic carbocycles. The van der Waals surface area contributed by atoms with Gasteiger partial charge in [-0.25, -0.2) is 9.18 Å². The molecule has 2 heterocycles. The predicted molar refractivity (Wildman–Crippen MR) is 140 cm³/mol. The maximum absolute atomic E-state index is 14.4. The van der Waals surface area contributed by atoms with Crippen molar-refractivity contribution in [1.29, 1.82) is 0 Å². The Morgan fingerprint density at radius 1 is 1.18 bits per heavy atom. The lowest BCUT2D eigenvalue weighted by Gasteiger charge is -2.27. The van der Waals surface area contributed by atoms with Gasteiger partial charge in [-0.05, 0) is 36.4 Å². The average Bonchev–Trinajstić information content (AvgIpc) is 2.90. The fraction of sp³-hybridized carbons (Fsp3) is 0.280. The zero-order chi connectivity index (χ0) is 27.7. The van der Waals surface area contributed by atoms with E-state index in [-0.39, 0.29) is 23.3 Å². The van der Waals surface area contributed by atoms with Crippen LogP contribution in [0.4, 0.5) is 21.5 Å². The number of fused-ring (bicyclic) bond motifs is 1. The van der Waals surface area contributed by atoms with Gasteiger partial charge in [0, 0.05) is 44.3 Å². The van der Waals surface area contributed by atoms with Gasteiger partial charge in [0.05, 0.1) is 35.7 Å². The second-order valence-electron chi connectivity index (χ2n) is 8.15. The van der Waals surface area contributed by atoms with Crippen LogP contribution in [0.25, 0.3) is 10.9 Å². The van der Waals surface area contributed by atoms with Crippen LogP contribution in [0, 0.1) is 5.82 Å². The zero-order valence-corrected chi connectivity index (χ0v) is 20.5. The van der Waals surface area contributed by atoms with Gasteiger partial charge in [-0.15, -0.1) is 0 Å². The summed E-state index contributed by atoms with van der Waals surface area (Å²) >= 11 is 0. The molecular weight excluding hydrogens is 501 g/mol. The highest BCUT2D eigenvalue weighted by molar-refractivity contribution is 6.13. The number of H-pyrrole nitrogens is 1. The van der Waals surface area contributed by atoms with Crippen molar-refractivity contribution in [2.45, 2.75) is 0 Å². The van der Waals surface area contributed by atoms with E-state index in [0.29, 0.717) is 48.6 Å². The molecule has 38 heavy (non-hydrogen) atoms. The molecule has 0 spiro atoms. The first kappa shape index (κ1) is 28.1. The summed E-state index contributed by atoms with van der Waals surface area (Å²) in [4.78, 5) is 50.6. The first-order chi connectivity index (χ1) is 18.3. The molecule has 0 bridgehead atoms. The summed E-state index contributed by atoms with van der Waals surface area (Å²) in [6, 6.07) is 8.08. The molecule has 6 N–H and O–H groups in total. The van der Waals surface area contributed by atoms with Gasteiger partial charge >= 0.3 is 5.97 Å². The van der Waals surface area contributed by atoms with Crippen molar-refractivity contribution in [3.8, 4) is 0 Å². The van der Waals surface area contributed by atoms with E-state index < -0.39 is 23.3 Å². The summed E-state index contributed by atoms with van der Waals surface area (Å²) in [6.07, 6.45) is 0. The summed E-state index contributed by atoms with van der Waals surface area (Å²) in [5.74, 6) is -2.33. The minimum atomic E-state index is -1.09. The Bertz CT molecular complexity index is 1350. The molecule has 1 fully saturated rings. The number of aromatic carboxylic acids is 1. The predicted octanol–water partition coefficient (Wildman–Crippen LogP) is 2.10. The molecule has 2 aromatic carbocycles. The third-order valence-electron chi connectivity index (χ3n) is 5.81. The second kappa shape index (κ2) is 13.2. The Morgan fingerprint density at radius 3 is 2.45 bits per heavy atom. The third kappa shape index (κ3) is 6.83. The number of aromatic nitrogens is 1. The fourth-order valence-electron chi connectivity index (χ4n) is 4.01. The van der Waals surface area contributed by atoms with E-state index in [0.717, 1.165) is 13.1 Å². The number of amides is 1. The van der Waals surface area contributed by atoms with Gasteiger partial charge in [-0.3, -0.25) is 19.3 Å². The van der Waals surface area contributed by atoms with Crippen LogP contribution < -0.4 is 21.5 Å². The number of pyridine rings is 1. The highest BCUT2D eigenvalue weighted by Gasteiger charge is 2.22. The van der Waals surface area contributed by atoms with E-state index in [1.807, 2.05) is 0 Å². The van der Waals surface area contributed by atoms with Gasteiger partial charge in [0.2, 0.25) is 0 Å². The summed E-state index contributed by atoms with van der Waals surface area (Å²) in [6.45, 7) is 3.63. The van der Waals surface area contributed by atoms with Gasteiger partial charge in [0.15, 0.2) is 0 Å². The number of carboxylic acid groups (broad SMARTS) is 2. The van der Waals surface area contributed by atoms with Crippen LogP contribution in [0.1, 0.15) is 20.7 Å². The smallest absolute Gasteiger partial charge is 0.335 e. The van der Waals surface area contributed by atoms with E-state index in [9.17, 15) is 18.8 Å². The molecule has 1 aliphatic rings. The van der Waals surface area contributed by atoms with Crippen LogP contribution in [0.3, 0.4) is 0 Å². The minimum Gasteiger partial charge on any atom is -0.483 e. The highest BCUT2D eigenvalue weighted by Crippen LogP contribution is 2.30. The molecule has 1 amide bonds. The Kier molecular flexibility index (Phi) is 9.73. The van der Waals surface area contributed by atoms with Crippen molar-refractivity contribution in [1.82, 2.24) is 9.88 Å². The molecule has 13 heteroatoms. The first-order valence-electron chi connectivity index (χ1n) is 11.6. The van der Waals surface area contributed by atoms with Crippen molar-refractivity contribution >= 4 is 46.3 Å². The summed E-state index contributed by atoms with van der Waals surface area (Å²) in [7, 11) is 1.61. The SMILES string of the molecule is CNc1cc(F)cc2c(NCCN3CCOCC3)c(C(=O)Nc3ccc(C(=O)O)cc3)c(=O)[nH]c12.O=CO. The number of benzene rings is 2. The van der Waals surface area contributed by atoms with E-state index in [2.05, 4.69) is 25.8 Å². The first-order valence-corrected chi connectivity index (χ1v) is 11.6. The van der Waals surface area contributed by atoms with E-state index in [1.165, 1.54) is 36.4 Å². The third-order valence-corrected chi connectivity index (χ3v) is 5.81. The maximum atomic E-state index is 14.4. The van der Waals surface area contributed by atoms with Crippen LogP contribution in [-0.4, -0.2) is 84.9 Å². The topological polar surface area (TPSA) is 173 Å². The number of anilines is 3. The van der Waals surface area contributed by atoms with Crippen molar-refractivity contribution in [3.05, 3.63) is 63.7 Å². The van der Waals surface area contributed by atoms with Crippen molar-refractivity contribution in [3.63, 3.8) is 0 Å². The van der Waals surface area contributed by atoms with E-state index in [4.69, 9.17) is 19.7 Å². The summed E-state index contributed by atoms with van der Waals surface area (Å²) < 4.78 is 19.8. The number of morpholine rings is 1. The lowest BCUT2D eigenvalue weighted by atomic mass is 10.1. The highest BCUT2D eigenvalue weighted by atomic mass is 19.1. The monoisotopic (exact) mass is 529 g/mol. The molecule has 0 atom stereocenters. The Morgan fingerprint density at radius 2 is 1.84 bits per heavy atom. The van der Waals surface area contributed by atoms with Gasteiger partial charge in [0.1, 0.15) is 11.4 Å². The number of rotatable bonds is 8. The number of carbonyl (C=O) groups is 3. The number of carbonyl (C=O) groups excluding carboxylic acids is 1. The van der Waals surface area contributed by atoms with Crippen LogP contribution in [0.5, 0.6) is 0 Å². The molecule has 202 valence electrons. The summed E-state index contributed by atoms with van der Waals surface area (Å²) in [5.41, 5.74) is 0.497. The van der Waals surface area contributed by atoms with Crippen molar-refractivity contribution < 1.29 is 33.7 Å². The molecule has 1 aromatic heterocycles. The fourth-order valence-corrected chi connectivity index (χ4v) is 4.01. The van der Waals surface area contributed by atoms with Gasteiger partial charge in [-0.1, -0.05) is 0 Å². The van der Waals surface area contributed by atoms with Crippen LogP contribution in [0.2, 0.25) is 0 Å². The minimum absolute atomic E-state index is 0.0621. The number of nitrogens with zero attached hydrogens (tertiary/aromatic N) is 1. The number of aromatic amines is 1. The molecule has 0 radical (unpaired) electrons. The van der Waals surface area contributed by atoms with Crippen LogP contribution >= 0.6 is 0 Å². The van der Waals surface area contributed by atoms with Crippen molar-refractivity contribution in [2.24, 2.45) is 0 Å². The summed E-state index contributed by atoms with van der Waals surface area (Å²) in [5, 5.41) is 25.0. The van der Waals surface area contributed by atoms with Crippen LogP contribution in [-0.2, 0) is 9.53 Å².